The Balaban J connectivity index is 2.08. The molecule has 0 unspecified atom stereocenters. The zero-order valence-corrected chi connectivity index (χ0v) is 18.2. The van der Waals surface area contributed by atoms with Crippen LogP contribution >= 0.6 is 23.4 Å². The van der Waals surface area contributed by atoms with Gasteiger partial charge in [0.1, 0.15) is 6.54 Å². The van der Waals surface area contributed by atoms with Crippen LogP contribution in [0.5, 0.6) is 0 Å². The molecule has 0 fully saturated rings. The van der Waals surface area contributed by atoms with E-state index in [-0.39, 0.29) is 12.5 Å². The van der Waals surface area contributed by atoms with Crippen molar-refractivity contribution in [3.8, 4) is 0 Å². The smallest absolute Gasteiger partial charge is 0.331 e. The van der Waals surface area contributed by atoms with Crippen molar-refractivity contribution in [2.75, 3.05) is 6.61 Å². The van der Waals surface area contributed by atoms with Crippen LogP contribution < -0.4 is 0 Å². The Bertz CT molecular complexity index is 951. The van der Waals surface area contributed by atoms with Crippen molar-refractivity contribution < 1.29 is 19.2 Å². The third kappa shape index (κ3) is 5.03. The van der Waals surface area contributed by atoms with Gasteiger partial charge in [0.2, 0.25) is 0 Å². The van der Waals surface area contributed by atoms with Gasteiger partial charge in [-0.1, -0.05) is 28.5 Å². The molecule has 0 aliphatic heterocycles. The van der Waals surface area contributed by atoms with Crippen LogP contribution in [0.1, 0.15) is 43.6 Å². The topological polar surface area (TPSA) is 69.9 Å². The predicted molar refractivity (Wildman–Crippen MR) is 113 cm³/mol. The molecule has 1 aliphatic rings. The van der Waals surface area contributed by atoms with Crippen LogP contribution in [0.2, 0.25) is 5.02 Å². The van der Waals surface area contributed by atoms with E-state index in [1.54, 1.807) is 18.7 Å². The molecule has 0 radical (unpaired) electrons. The van der Waals surface area contributed by atoms with Gasteiger partial charge < -0.3 is 14.1 Å². The highest BCUT2D eigenvalue weighted by atomic mass is 35.5. The van der Waals surface area contributed by atoms with E-state index in [1.807, 2.05) is 35.8 Å². The van der Waals surface area contributed by atoms with Gasteiger partial charge >= 0.3 is 11.9 Å². The molecule has 29 heavy (non-hydrogen) atoms. The van der Waals surface area contributed by atoms with Crippen LogP contribution in [0.15, 0.2) is 39.2 Å². The predicted octanol–water partition coefficient (Wildman–Crippen LogP) is 4.77. The lowest BCUT2D eigenvalue weighted by Gasteiger charge is -2.17. The largest absolute Gasteiger partial charge is 0.465 e. The van der Waals surface area contributed by atoms with Crippen molar-refractivity contribution in [3.05, 3.63) is 46.2 Å². The second-order valence-electron chi connectivity index (χ2n) is 6.66. The summed E-state index contributed by atoms with van der Waals surface area (Å²) in [4.78, 5) is 30.4. The Labute approximate surface area is 179 Å². The second-order valence-corrected chi connectivity index (χ2v) is 8.18. The zero-order valence-electron chi connectivity index (χ0n) is 16.7. The number of fused-ring (bicyclic) bond motifs is 1. The Morgan fingerprint density at radius 2 is 1.97 bits per heavy atom. The number of hydrogen-bond acceptors (Lipinski definition) is 6. The molecule has 154 valence electrons. The summed E-state index contributed by atoms with van der Waals surface area (Å²) in [7, 11) is 0. The lowest BCUT2D eigenvalue weighted by Crippen LogP contribution is -2.19. The summed E-state index contributed by atoms with van der Waals surface area (Å²) in [5, 5.41) is 4.78. The SMILES string of the molecule is CCOC(=O)Cn1c(C)c(Sc2ccc(Cl)cc2)c2c1CCC/C2=N\OC(C)=O. The number of aromatic nitrogens is 1. The molecule has 0 saturated carbocycles. The molecule has 1 aromatic carbocycles. The molecule has 0 spiro atoms. The van der Waals surface area contributed by atoms with Gasteiger partial charge in [-0.25, -0.2) is 4.79 Å². The first kappa shape index (κ1) is 21.5. The van der Waals surface area contributed by atoms with Crippen LogP contribution in [-0.2, 0) is 32.1 Å². The Hall–Kier alpha value is -2.25. The average molecular weight is 435 g/mol. The van der Waals surface area contributed by atoms with Gasteiger partial charge in [0.05, 0.1) is 12.3 Å². The lowest BCUT2D eigenvalue weighted by molar-refractivity contribution is -0.144. The van der Waals surface area contributed by atoms with Crippen molar-refractivity contribution >= 4 is 41.0 Å². The van der Waals surface area contributed by atoms with Crippen LogP contribution in [-0.4, -0.2) is 28.8 Å². The van der Waals surface area contributed by atoms with Crippen LogP contribution in [0.25, 0.3) is 0 Å². The van der Waals surface area contributed by atoms with E-state index in [1.165, 1.54) is 6.92 Å². The first-order valence-corrected chi connectivity index (χ1v) is 10.7. The number of rotatable bonds is 6. The van der Waals surface area contributed by atoms with Crippen molar-refractivity contribution in [3.63, 3.8) is 0 Å². The second kappa shape index (κ2) is 9.50. The van der Waals surface area contributed by atoms with Gasteiger partial charge in [0, 0.05) is 38.7 Å². The van der Waals surface area contributed by atoms with E-state index in [0.29, 0.717) is 18.1 Å². The number of halogens is 1. The third-order valence-corrected chi connectivity index (χ3v) is 6.06. The third-order valence-electron chi connectivity index (χ3n) is 4.60. The van der Waals surface area contributed by atoms with Crippen molar-refractivity contribution in [2.24, 2.45) is 5.16 Å². The fourth-order valence-corrected chi connectivity index (χ4v) is 4.61. The lowest BCUT2D eigenvalue weighted by atomic mass is 9.95. The van der Waals surface area contributed by atoms with Crippen molar-refractivity contribution in [1.82, 2.24) is 4.57 Å². The molecule has 8 heteroatoms. The molecule has 0 saturated heterocycles. The van der Waals surface area contributed by atoms with Crippen molar-refractivity contribution in [1.29, 1.82) is 0 Å². The van der Waals surface area contributed by atoms with Crippen LogP contribution in [0.3, 0.4) is 0 Å². The Morgan fingerprint density at radius 3 is 2.62 bits per heavy atom. The molecule has 3 rings (SSSR count). The van der Waals surface area contributed by atoms with Gasteiger partial charge in [-0.2, -0.15) is 0 Å². The number of esters is 1. The average Bonchev–Trinajstić information content (AvgIpc) is 2.94. The highest BCUT2D eigenvalue weighted by Crippen LogP contribution is 2.40. The molecule has 1 aromatic heterocycles. The number of ether oxygens (including phenoxy) is 1. The van der Waals surface area contributed by atoms with Gasteiger partial charge in [-0.15, -0.1) is 0 Å². The summed E-state index contributed by atoms with van der Waals surface area (Å²) in [5.74, 6) is -0.736. The first-order chi connectivity index (χ1) is 13.9. The fraction of sp³-hybridized carbons (Fsp3) is 0.381. The molecular formula is C21H23ClN2O4S. The summed E-state index contributed by atoms with van der Waals surface area (Å²) in [5.41, 5.74) is 3.65. The number of carbonyl (C=O) groups is 2. The quantitative estimate of drug-likeness (QED) is 0.372. The van der Waals surface area contributed by atoms with Gasteiger partial charge in [-0.05, 0) is 57.4 Å². The maximum atomic E-state index is 12.2. The van der Waals surface area contributed by atoms with E-state index in [4.69, 9.17) is 21.2 Å². The summed E-state index contributed by atoms with van der Waals surface area (Å²) in [6.07, 6.45) is 2.39. The minimum atomic E-state index is -0.459. The van der Waals surface area contributed by atoms with Gasteiger partial charge in [0.15, 0.2) is 0 Å². The molecule has 0 N–H and O–H groups in total. The molecule has 0 bridgehead atoms. The molecular weight excluding hydrogens is 412 g/mol. The number of oxime groups is 1. The zero-order chi connectivity index (χ0) is 21.0. The van der Waals surface area contributed by atoms with Crippen LogP contribution in [0, 0.1) is 6.92 Å². The van der Waals surface area contributed by atoms with E-state index in [9.17, 15) is 9.59 Å². The van der Waals surface area contributed by atoms with Crippen molar-refractivity contribution in [2.45, 2.75) is 56.4 Å². The summed E-state index contributed by atoms with van der Waals surface area (Å²) in [6, 6.07) is 7.59. The first-order valence-electron chi connectivity index (χ1n) is 9.46. The highest BCUT2D eigenvalue weighted by molar-refractivity contribution is 7.99. The Kier molecular flexibility index (Phi) is 7.03. The monoisotopic (exact) mass is 434 g/mol. The Morgan fingerprint density at radius 1 is 1.24 bits per heavy atom. The molecule has 6 nitrogen and oxygen atoms in total. The van der Waals surface area contributed by atoms with E-state index in [2.05, 4.69) is 5.16 Å². The molecule has 1 aliphatic carbocycles. The highest BCUT2D eigenvalue weighted by Gasteiger charge is 2.29. The normalized spacial score (nSPS) is 14.6. The van der Waals surface area contributed by atoms with Crippen LogP contribution in [0.4, 0.5) is 0 Å². The standard InChI is InChI=1S/C21H23ClN2O4S/c1-4-27-19(26)12-24-13(2)21(29-16-10-8-15(22)9-11-16)20-17(23-28-14(3)25)6-5-7-18(20)24/h8-11H,4-7,12H2,1-3H3/b23-17+. The van der Waals surface area contributed by atoms with Gasteiger partial charge in [0.25, 0.3) is 0 Å². The summed E-state index contributed by atoms with van der Waals surface area (Å²) < 4.78 is 7.15. The molecule has 2 aromatic rings. The van der Waals surface area contributed by atoms with Gasteiger partial charge in [-0.3, -0.25) is 4.79 Å². The molecule has 0 amide bonds. The fourth-order valence-electron chi connectivity index (χ4n) is 3.38. The number of benzene rings is 1. The van der Waals surface area contributed by atoms with E-state index >= 15 is 0 Å². The number of carbonyl (C=O) groups excluding carboxylic acids is 2. The van der Waals surface area contributed by atoms with E-state index < -0.39 is 5.97 Å². The molecule has 1 heterocycles. The minimum Gasteiger partial charge on any atom is -0.465 e. The summed E-state index contributed by atoms with van der Waals surface area (Å²) in [6.45, 7) is 5.59. The number of nitrogens with zero attached hydrogens (tertiary/aromatic N) is 2. The molecule has 0 atom stereocenters. The number of hydrogen-bond donors (Lipinski definition) is 0. The van der Waals surface area contributed by atoms with E-state index in [0.717, 1.165) is 45.3 Å². The summed E-state index contributed by atoms with van der Waals surface area (Å²) >= 11 is 7.60. The maximum Gasteiger partial charge on any atom is 0.331 e. The maximum absolute atomic E-state index is 12.2. The minimum absolute atomic E-state index is 0.143.